The lowest BCUT2D eigenvalue weighted by molar-refractivity contribution is -0.245. The molecule has 0 spiro atoms. The van der Waals surface area contributed by atoms with Gasteiger partial charge in [-0.3, -0.25) is 0 Å². The van der Waals surface area contributed by atoms with Crippen molar-refractivity contribution in [1.29, 1.82) is 0 Å². The largest absolute Gasteiger partial charge is 0.680 e. The van der Waals surface area contributed by atoms with Crippen LogP contribution in [0.4, 0.5) is 74.9 Å². The first-order chi connectivity index (χ1) is 16.3. The van der Waals surface area contributed by atoms with Crippen LogP contribution in [0.2, 0.25) is 0 Å². The van der Waals surface area contributed by atoms with Crippen molar-refractivity contribution >= 4 is 9.05 Å². The van der Waals surface area contributed by atoms with Gasteiger partial charge in [-0.15, -0.1) is 0 Å². The molecular formula is C12H21F17O6Si. The number of halogens is 17. The Bertz CT molecular complexity index is 370. The minimum atomic E-state index is -4.62. The highest BCUT2D eigenvalue weighted by Gasteiger charge is 2.42. The van der Waals surface area contributed by atoms with E-state index in [1.165, 1.54) is 21.3 Å². The smallest absolute Gasteiger partial charge is 0.355 e. The fourth-order valence-corrected chi connectivity index (χ4v) is 1.60. The van der Waals surface area contributed by atoms with Crippen molar-refractivity contribution in [3.8, 4) is 0 Å². The summed E-state index contributed by atoms with van der Waals surface area (Å²) in [6.45, 7) is -10.4. The molecule has 0 heterocycles. The summed E-state index contributed by atoms with van der Waals surface area (Å²) < 4.78 is 195. The van der Waals surface area contributed by atoms with E-state index in [9.17, 15) is 74.9 Å². The quantitative estimate of drug-likeness (QED) is 0.242. The van der Waals surface area contributed by atoms with Gasteiger partial charge in [0.25, 0.3) is 0 Å². The molecule has 228 valence electrons. The van der Waals surface area contributed by atoms with Crippen molar-refractivity contribution in [2.75, 3.05) is 61.9 Å². The predicted octanol–water partition coefficient (Wildman–Crippen LogP) is 6.49. The second kappa shape index (κ2) is 30.0. The van der Waals surface area contributed by atoms with Gasteiger partial charge in [0.2, 0.25) is 13.9 Å². The Kier molecular flexibility index (Phi) is 40.0. The maximum absolute atomic E-state index is 11.6. The molecule has 6 nitrogen and oxygen atoms in total. The van der Waals surface area contributed by atoms with E-state index in [1.54, 1.807) is 0 Å². The highest BCUT2D eigenvalue weighted by atomic mass is 28.4. The van der Waals surface area contributed by atoms with Crippen LogP contribution in [0.3, 0.4) is 0 Å². The molecule has 0 aliphatic carbocycles. The number of hydrogen-bond donors (Lipinski definition) is 0. The Morgan fingerprint density at radius 2 is 0.750 bits per heavy atom. The lowest BCUT2D eigenvalue weighted by Gasteiger charge is -2.20. The third-order valence-corrected chi connectivity index (χ3v) is 3.53. The molecule has 0 atom stereocenters. The van der Waals surface area contributed by atoms with Crippen LogP contribution in [-0.2, 0) is 27.6 Å². The van der Waals surface area contributed by atoms with Gasteiger partial charge in [-0.2, -0.15) is 49.4 Å². The molecule has 0 aromatic heterocycles. The number of alkyl halides is 15. The molecule has 0 rings (SSSR count). The fourth-order valence-electron chi connectivity index (χ4n) is 0.617. The molecule has 0 amide bonds. The first kappa shape index (κ1) is 47.9. The van der Waals surface area contributed by atoms with E-state index in [-0.39, 0.29) is 0 Å². The topological polar surface area (TPSA) is 55.4 Å². The molecule has 24 heteroatoms. The summed E-state index contributed by atoms with van der Waals surface area (Å²) >= 11 is 0. The molecule has 0 unspecified atom stereocenters. The average molecular weight is 612 g/mol. The van der Waals surface area contributed by atoms with Crippen molar-refractivity contribution in [2.24, 2.45) is 0 Å². The summed E-state index contributed by atoms with van der Waals surface area (Å²) in [7, 11) is 0.934. The Morgan fingerprint density at radius 3 is 0.778 bits per heavy atom. The minimum Gasteiger partial charge on any atom is -0.355 e. The Labute approximate surface area is 193 Å². The second-order valence-electron chi connectivity index (χ2n) is 4.05. The van der Waals surface area contributed by atoms with Crippen LogP contribution in [0, 0.1) is 0 Å². The zero-order valence-corrected chi connectivity index (χ0v) is 19.1. The van der Waals surface area contributed by atoms with Crippen LogP contribution in [-0.4, -0.2) is 89.5 Å². The van der Waals surface area contributed by atoms with Crippen molar-refractivity contribution in [2.45, 2.75) is 18.5 Å². The van der Waals surface area contributed by atoms with Crippen molar-refractivity contribution in [3.63, 3.8) is 0 Å². The van der Waals surface area contributed by atoms with Crippen LogP contribution in [0.25, 0.3) is 0 Å². The Morgan fingerprint density at radius 1 is 0.528 bits per heavy atom. The summed E-state index contributed by atoms with van der Waals surface area (Å²) in [4.78, 5) is 4.56. The minimum absolute atomic E-state index is 0.970. The van der Waals surface area contributed by atoms with Crippen LogP contribution < -0.4 is 0 Å². The molecule has 0 saturated carbocycles. The monoisotopic (exact) mass is 612 g/mol. The highest BCUT2D eigenvalue weighted by Crippen LogP contribution is 2.15. The van der Waals surface area contributed by atoms with E-state index < -0.39 is 68.2 Å². The summed E-state index contributed by atoms with van der Waals surface area (Å²) in [5.74, 6) is 0. The first-order valence-corrected chi connectivity index (χ1v) is 9.21. The van der Waals surface area contributed by atoms with Crippen molar-refractivity contribution in [3.05, 3.63) is 0 Å². The molecular weight excluding hydrogens is 591 g/mol. The SMILES string of the molecule is CO[Si](OC)(OC)OCF.FCC(F)(F)F.FCF.FCF.FOCC(F)(F)F.FOCC(F)(F)F. The van der Waals surface area contributed by atoms with E-state index in [0.717, 1.165) is 0 Å². The van der Waals surface area contributed by atoms with Gasteiger partial charge >= 0.3 is 27.6 Å². The molecule has 36 heavy (non-hydrogen) atoms. The molecule has 0 aliphatic heterocycles. The van der Waals surface area contributed by atoms with E-state index in [1.807, 2.05) is 0 Å². The Hall–Kier alpha value is -1.21. The number of hydrogen-bond acceptors (Lipinski definition) is 6. The van der Waals surface area contributed by atoms with Gasteiger partial charge in [-0.25, -0.2) is 26.3 Å². The van der Waals surface area contributed by atoms with Gasteiger partial charge in [-0.05, 0) is 9.05 Å². The maximum Gasteiger partial charge on any atom is 0.680 e. The Balaban J connectivity index is -0.0000000786. The van der Waals surface area contributed by atoms with Gasteiger partial charge in [0.05, 0.1) is 0 Å². The van der Waals surface area contributed by atoms with Gasteiger partial charge in [0, 0.05) is 21.3 Å². The van der Waals surface area contributed by atoms with Crippen LogP contribution in [0.5, 0.6) is 0 Å². The van der Waals surface area contributed by atoms with Crippen LogP contribution >= 0.6 is 0 Å². The molecule has 0 aliphatic rings. The summed E-state index contributed by atoms with van der Waals surface area (Å²) in [6.07, 6.45) is -13.7. The second-order valence-corrected chi connectivity index (χ2v) is 6.57. The van der Waals surface area contributed by atoms with Crippen LogP contribution in [0.1, 0.15) is 0 Å². The molecule has 0 fully saturated rings. The lowest BCUT2D eigenvalue weighted by atomic mass is 10.7. The lowest BCUT2D eigenvalue weighted by Crippen LogP contribution is -2.46. The molecule has 0 bridgehead atoms. The molecule has 0 aromatic carbocycles. The van der Waals surface area contributed by atoms with Crippen molar-refractivity contribution < 1.29 is 102 Å². The molecule has 0 N–H and O–H groups in total. The normalized spacial score (nSPS) is 11.0. The van der Waals surface area contributed by atoms with E-state index in [2.05, 4.69) is 14.3 Å². The molecule has 0 saturated heterocycles. The summed E-state index contributed by atoms with van der Waals surface area (Å²) in [5, 5.41) is 0. The fraction of sp³-hybridized carbons (Fsp3) is 1.00. The van der Waals surface area contributed by atoms with Gasteiger partial charge in [0.1, 0.15) is 0 Å². The van der Waals surface area contributed by atoms with E-state index in [0.29, 0.717) is 0 Å². The highest BCUT2D eigenvalue weighted by molar-refractivity contribution is 6.53. The summed E-state index contributed by atoms with van der Waals surface area (Å²) in [5.41, 5.74) is 0. The van der Waals surface area contributed by atoms with Gasteiger partial charge in [-0.1, -0.05) is 0 Å². The standard InChI is InChI=1S/C4H11FO4Si.2C2H2F4O.C2H2F4.2CH2F2/c1-6-10(7-2,8-3)9-4-5;2*3-2(4,5)1-7-6;3-1-2(4,5)6;2*2-1-3/h4H2,1-3H3;2*1H2;1H2;2*1H2. The average Bonchev–Trinajstić information content (AvgIpc) is 2.72. The summed E-state index contributed by atoms with van der Waals surface area (Å²) in [6, 6.07) is 0. The van der Waals surface area contributed by atoms with Crippen LogP contribution in [0.15, 0.2) is 0 Å². The zero-order chi connectivity index (χ0) is 30.5. The zero-order valence-electron chi connectivity index (χ0n) is 18.1. The third kappa shape index (κ3) is 63.8. The van der Waals surface area contributed by atoms with Gasteiger partial charge < -0.3 is 17.7 Å². The van der Waals surface area contributed by atoms with E-state index in [4.69, 9.17) is 13.3 Å². The maximum atomic E-state index is 11.6. The van der Waals surface area contributed by atoms with Crippen molar-refractivity contribution in [1.82, 2.24) is 0 Å². The molecule has 0 radical (unpaired) electrons. The van der Waals surface area contributed by atoms with Gasteiger partial charge in [0.15, 0.2) is 26.7 Å². The first-order valence-electron chi connectivity index (χ1n) is 7.58. The molecule has 0 aromatic rings. The van der Waals surface area contributed by atoms with E-state index >= 15 is 0 Å². The third-order valence-electron chi connectivity index (χ3n) is 1.57. The predicted molar refractivity (Wildman–Crippen MR) is 86.3 cm³/mol. The number of rotatable bonds is 7.